The molecular formula is C48H86O2S2. The van der Waals surface area contributed by atoms with Crippen LogP contribution in [0.1, 0.15) is 233 Å². The summed E-state index contributed by atoms with van der Waals surface area (Å²) in [5.74, 6) is 3.47. The zero-order valence-electron chi connectivity index (χ0n) is 35.1. The molecule has 0 saturated carbocycles. The monoisotopic (exact) mass is 759 g/mol. The van der Waals surface area contributed by atoms with E-state index in [-0.39, 0.29) is 0 Å². The van der Waals surface area contributed by atoms with E-state index in [0.717, 1.165) is 24.7 Å². The van der Waals surface area contributed by atoms with Crippen LogP contribution in [0.15, 0.2) is 22.9 Å². The third kappa shape index (κ3) is 23.7. The van der Waals surface area contributed by atoms with Crippen molar-refractivity contribution in [3.63, 3.8) is 0 Å². The van der Waals surface area contributed by atoms with Crippen molar-refractivity contribution < 1.29 is 9.47 Å². The quantitative estimate of drug-likeness (QED) is 0.0632. The Morgan fingerprint density at radius 3 is 0.885 bits per heavy atom. The lowest BCUT2D eigenvalue weighted by molar-refractivity contribution is 0.223. The predicted molar refractivity (Wildman–Crippen MR) is 236 cm³/mol. The van der Waals surface area contributed by atoms with Gasteiger partial charge in [0.05, 0.1) is 23.0 Å². The van der Waals surface area contributed by atoms with Crippen molar-refractivity contribution in [1.29, 1.82) is 0 Å². The van der Waals surface area contributed by atoms with Crippen molar-refractivity contribution >= 4 is 22.7 Å². The molecule has 0 bridgehead atoms. The number of hydrogen-bond donors (Lipinski definition) is 0. The zero-order chi connectivity index (χ0) is 37.2. The van der Waals surface area contributed by atoms with Crippen LogP contribution in [-0.4, -0.2) is 13.2 Å². The highest BCUT2D eigenvalue weighted by Gasteiger charge is 2.19. The number of thiophene rings is 2. The molecule has 2 rings (SSSR count). The highest BCUT2D eigenvalue weighted by atomic mass is 32.1. The molecule has 2 aromatic heterocycles. The minimum atomic E-state index is 0.664. The van der Waals surface area contributed by atoms with Crippen LogP contribution in [0.2, 0.25) is 0 Å². The molecule has 0 saturated heterocycles. The van der Waals surface area contributed by atoms with E-state index in [1.54, 1.807) is 0 Å². The number of rotatable bonds is 39. The summed E-state index contributed by atoms with van der Waals surface area (Å²) < 4.78 is 13.4. The maximum atomic E-state index is 6.72. The summed E-state index contributed by atoms with van der Waals surface area (Å²) in [6.07, 6.45) is 44.1. The van der Waals surface area contributed by atoms with Gasteiger partial charge in [-0.3, -0.25) is 0 Å². The molecule has 0 aliphatic heterocycles. The van der Waals surface area contributed by atoms with Crippen molar-refractivity contribution in [3.8, 4) is 21.3 Å². The van der Waals surface area contributed by atoms with E-state index >= 15 is 0 Å². The second kappa shape index (κ2) is 34.5. The van der Waals surface area contributed by atoms with Crippen molar-refractivity contribution in [2.45, 2.75) is 233 Å². The fourth-order valence-electron chi connectivity index (χ4n) is 7.75. The number of unbranched alkanes of at least 4 members (excludes halogenated alkanes) is 24. The van der Waals surface area contributed by atoms with Gasteiger partial charge in [-0.25, -0.2) is 0 Å². The van der Waals surface area contributed by atoms with Gasteiger partial charge in [-0.05, 0) is 60.4 Å². The predicted octanol–water partition coefficient (Wildman–Crippen LogP) is 18.0. The normalized spacial score (nSPS) is 12.8. The van der Waals surface area contributed by atoms with Crippen LogP contribution in [0, 0.1) is 11.8 Å². The molecular weight excluding hydrogens is 673 g/mol. The Balaban J connectivity index is 1.92. The van der Waals surface area contributed by atoms with Crippen LogP contribution in [0.3, 0.4) is 0 Å². The Kier molecular flexibility index (Phi) is 31.3. The SMILES string of the molecule is CCCCCCCCCCC(CCCCCCCC)COc1ccsc1-c1sccc1OCC(CCCCCCCC)CCCCCCCCCC. The lowest BCUT2D eigenvalue weighted by atomic mass is 9.94. The smallest absolute Gasteiger partial charge is 0.138 e. The molecule has 52 heavy (non-hydrogen) atoms. The van der Waals surface area contributed by atoms with Crippen LogP contribution >= 0.6 is 22.7 Å². The Hall–Kier alpha value is -1.00. The molecule has 2 nitrogen and oxygen atoms in total. The lowest BCUT2D eigenvalue weighted by Gasteiger charge is -2.19. The van der Waals surface area contributed by atoms with Crippen LogP contribution < -0.4 is 9.47 Å². The molecule has 2 heterocycles. The fourth-order valence-corrected chi connectivity index (χ4v) is 9.60. The third-order valence-corrected chi connectivity index (χ3v) is 13.2. The van der Waals surface area contributed by atoms with E-state index in [1.165, 1.54) is 215 Å². The Morgan fingerprint density at radius 2 is 0.615 bits per heavy atom. The molecule has 0 radical (unpaired) electrons. The average molecular weight is 759 g/mol. The summed E-state index contributed by atoms with van der Waals surface area (Å²) in [7, 11) is 0. The van der Waals surface area contributed by atoms with Crippen molar-refractivity contribution in [2.75, 3.05) is 13.2 Å². The average Bonchev–Trinajstić information content (AvgIpc) is 3.83. The van der Waals surface area contributed by atoms with Gasteiger partial charge in [0.2, 0.25) is 0 Å². The molecule has 302 valence electrons. The van der Waals surface area contributed by atoms with Gasteiger partial charge in [-0.1, -0.05) is 207 Å². The first-order valence-electron chi connectivity index (χ1n) is 23.1. The summed E-state index contributed by atoms with van der Waals surface area (Å²) in [4.78, 5) is 2.54. The van der Waals surface area contributed by atoms with Crippen molar-refractivity contribution in [3.05, 3.63) is 22.9 Å². The first kappa shape index (κ1) is 47.2. The van der Waals surface area contributed by atoms with E-state index in [0.29, 0.717) is 11.8 Å². The Morgan fingerprint density at radius 1 is 0.365 bits per heavy atom. The van der Waals surface area contributed by atoms with Gasteiger partial charge in [0.15, 0.2) is 0 Å². The Bertz CT molecular complexity index is 931. The molecule has 0 aliphatic carbocycles. The van der Waals surface area contributed by atoms with Crippen molar-refractivity contribution in [2.24, 2.45) is 11.8 Å². The Labute approximate surface area is 333 Å². The first-order chi connectivity index (χ1) is 25.7. The summed E-state index contributed by atoms with van der Waals surface area (Å²) in [5.41, 5.74) is 0. The van der Waals surface area contributed by atoms with Gasteiger partial charge < -0.3 is 9.47 Å². The van der Waals surface area contributed by atoms with E-state index < -0.39 is 0 Å². The molecule has 2 aromatic rings. The molecule has 0 spiro atoms. The van der Waals surface area contributed by atoms with Crippen LogP contribution in [0.4, 0.5) is 0 Å². The van der Waals surface area contributed by atoms with Gasteiger partial charge in [-0.2, -0.15) is 0 Å². The zero-order valence-corrected chi connectivity index (χ0v) is 36.8. The summed E-state index contributed by atoms with van der Waals surface area (Å²) in [6.45, 7) is 11.0. The second-order valence-corrected chi connectivity index (χ2v) is 18.1. The molecule has 0 aromatic carbocycles. The second-order valence-electron chi connectivity index (χ2n) is 16.2. The highest BCUT2D eigenvalue weighted by molar-refractivity contribution is 7.21. The van der Waals surface area contributed by atoms with Crippen LogP contribution in [-0.2, 0) is 0 Å². The van der Waals surface area contributed by atoms with Gasteiger partial charge in [0.1, 0.15) is 11.5 Å². The standard InChI is InChI=1S/C48H86O2S2/c1-5-9-13-17-21-23-27-31-35-43(33-29-25-19-15-11-7-3)41-49-45-37-39-51-47(45)48-46(38-40-52-48)50-42-44(34-30-26-20-16-12-8-4)36-32-28-24-22-18-14-10-6-2/h37-40,43-44H,5-36,41-42H2,1-4H3. The van der Waals surface area contributed by atoms with Crippen molar-refractivity contribution in [1.82, 2.24) is 0 Å². The van der Waals surface area contributed by atoms with Gasteiger partial charge >= 0.3 is 0 Å². The largest absolute Gasteiger partial charge is 0.492 e. The third-order valence-electron chi connectivity index (χ3n) is 11.3. The maximum absolute atomic E-state index is 6.72. The van der Waals surface area contributed by atoms with E-state index in [1.807, 2.05) is 22.7 Å². The highest BCUT2D eigenvalue weighted by Crippen LogP contribution is 2.44. The fraction of sp³-hybridized carbons (Fsp3) is 0.833. The van der Waals surface area contributed by atoms with E-state index in [9.17, 15) is 0 Å². The number of ether oxygens (including phenoxy) is 2. The number of hydrogen-bond acceptors (Lipinski definition) is 4. The van der Waals surface area contributed by atoms with E-state index in [2.05, 4.69) is 50.6 Å². The van der Waals surface area contributed by atoms with Gasteiger partial charge in [0, 0.05) is 0 Å². The topological polar surface area (TPSA) is 18.5 Å². The minimum Gasteiger partial charge on any atom is -0.492 e. The minimum absolute atomic E-state index is 0.664. The molecule has 0 N–H and O–H groups in total. The van der Waals surface area contributed by atoms with Gasteiger partial charge in [0.25, 0.3) is 0 Å². The molecule has 2 atom stereocenters. The lowest BCUT2D eigenvalue weighted by Crippen LogP contribution is -2.13. The molecule has 2 unspecified atom stereocenters. The molecule has 0 aliphatic rings. The maximum Gasteiger partial charge on any atom is 0.138 e. The summed E-state index contributed by atoms with van der Waals surface area (Å²) >= 11 is 3.65. The molecule has 0 amide bonds. The summed E-state index contributed by atoms with van der Waals surface area (Å²) in [6, 6.07) is 4.43. The first-order valence-corrected chi connectivity index (χ1v) is 24.9. The molecule has 0 fully saturated rings. The van der Waals surface area contributed by atoms with Crippen LogP contribution in [0.25, 0.3) is 9.75 Å². The van der Waals surface area contributed by atoms with Gasteiger partial charge in [-0.15, -0.1) is 22.7 Å². The van der Waals surface area contributed by atoms with Crippen LogP contribution in [0.5, 0.6) is 11.5 Å². The van der Waals surface area contributed by atoms with E-state index in [4.69, 9.17) is 9.47 Å². The summed E-state index contributed by atoms with van der Waals surface area (Å²) in [5, 5.41) is 4.44. The molecule has 4 heteroatoms.